The largest absolute Gasteiger partial charge is 0.266 e. The van der Waals surface area contributed by atoms with Crippen molar-refractivity contribution in [1.29, 1.82) is 0 Å². The van der Waals surface area contributed by atoms with Crippen molar-refractivity contribution in [2.45, 2.75) is 0 Å². The highest BCUT2D eigenvalue weighted by atomic mass is 15.5. The third-order valence-electron chi connectivity index (χ3n) is 0.177. The van der Waals surface area contributed by atoms with Crippen LogP contribution in [0.25, 0.3) is 0 Å². The second-order valence-corrected chi connectivity index (χ2v) is 0.427. The zero-order valence-corrected chi connectivity index (χ0v) is 2.71. The smallest absolute Gasteiger partial charge is 0.00334 e. The van der Waals surface area contributed by atoms with E-state index < -0.39 is 0 Å². The van der Waals surface area contributed by atoms with Crippen molar-refractivity contribution < 1.29 is 5.84 Å². The molecule has 0 aliphatic heterocycles. The normalized spacial score (nSPS) is 7.50. The van der Waals surface area contributed by atoms with E-state index in [2.05, 4.69) is 16.8 Å². The van der Waals surface area contributed by atoms with Crippen LogP contribution >= 0.6 is 0 Å². The van der Waals surface area contributed by atoms with E-state index in [1.54, 1.807) is 7.05 Å². The zero-order valence-electron chi connectivity index (χ0n) is 2.71. The second kappa shape index (κ2) is 2.88. The number of nitrogens with one attached hydrogen (secondary N) is 2. The second-order valence-electron chi connectivity index (χ2n) is 0.427. The molecule has 0 saturated heterocycles. The van der Waals surface area contributed by atoms with Gasteiger partial charge in [0, 0.05) is 7.05 Å². The monoisotopic (exact) mass is 62.1 g/mol. The summed E-state index contributed by atoms with van der Waals surface area (Å²) in [4.78, 5) is 0. The summed E-state index contributed by atoms with van der Waals surface area (Å²) in [6.45, 7) is 0. The van der Waals surface area contributed by atoms with Crippen molar-refractivity contribution in [3.05, 3.63) is 0 Å². The van der Waals surface area contributed by atoms with Crippen molar-refractivity contribution in [3.8, 4) is 0 Å². The van der Waals surface area contributed by atoms with Gasteiger partial charge in [0.05, 0.1) is 0 Å². The molecule has 0 heterocycles. The van der Waals surface area contributed by atoms with Gasteiger partial charge in [-0.05, 0) is 0 Å². The van der Waals surface area contributed by atoms with Gasteiger partial charge >= 0.3 is 0 Å². The molecule has 0 rings (SSSR count). The first kappa shape index (κ1) is 3.88. The van der Waals surface area contributed by atoms with Gasteiger partial charge in [-0.1, -0.05) is 0 Å². The van der Waals surface area contributed by atoms with Gasteiger partial charge < -0.3 is 0 Å². The molecule has 0 aliphatic carbocycles. The predicted octanol–water partition coefficient (Wildman–Crippen LogP) is -2.13. The Hall–Kier alpha value is -0.120. The van der Waals surface area contributed by atoms with E-state index in [-0.39, 0.29) is 0 Å². The molecule has 0 aromatic rings. The molecule has 0 radical (unpaired) electrons. The molecular weight excluding hydrogens is 54.0 g/mol. The van der Waals surface area contributed by atoms with E-state index in [9.17, 15) is 0 Å². The Morgan fingerprint density at radius 3 is 2.00 bits per heavy atom. The molecule has 0 saturated carbocycles. The predicted molar refractivity (Wildman–Crippen MR) is 15.1 cm³/mol. The van der Waals surface area contributed by atoms with Gasteiger partial charge in [-0.2, -0.15) is 0 Å². The molecule has 0 amide bonds. The molecule has 0 aliphatic rings. The number of hydrazine groups is 1. The maximum atomic E-state index is 3.24. The minimum Gasteiger partial charge on any atom is -0.266 e. The molecule has 3 nitrogen and oxygen atoms in total. The van der Waals surface area contributed by atoms with Gasteiger partial charge in [0.1, 0.15) is 0 Å². The average molecular weight is 62.1 g/mol. The third kappa shape index (κ3) is 1.88. The SMILES string of the molecule is CNN[NH3+]. The van der Waals surface area contributed by atoms with Crippen LogP contribution in [0.1, 0.15) is 0 Å². The van der Waals surface area contributed by atoms with E-state index in [0.717, 1.165) is 0 Å². The molecule has 0 bridgehead atoms. The lowest BCUT2D eigenvalue weighted by Crippen LogP contribution is -2.69. The third-order valence-corrected chi connectivity index (χ3v) is 0.177. The molecule has 3 heteroatoms. The Morgan fingerprint density at radius 1 is 1.75 bits per heavy atom. The lowest BCUT2D eigenvalue weighted by Gasteiger charge is -1.77. The van der Waals surface area contributed by atoms with Crippen LogP contribution in [0.2, 0.25) is 0 Å². The minimum absolute atomic E-state index is 1.76. The average Bonchev–Trinajstić information content (AvgIpc) is 1.37. The van der Waals surface area contributed by atoms with Crippen molar-refractivity contribution in [3.63, 3.8) is 0 Å². The van der Waals surface area contributed by atoms with Crippen LogP contribution in [0.4, 0.5) is 0 Å². The summed E-state index contributed by atoms with van der Waals surface area (Å²) in [5.74, 6) is 3.24. The number of quaternary nitrogens is 1. The molecule has 4 heavy (non-hydrogen) atoms. The first-order valence-corrected chi connectivity index (χ1v) is 1.10. The maximum absolute atomic E-state index is 3.24. The van der Waals surface area contributed by atoms with Crippen LogP contribution in [0.15, 0.2) is 0 Å². The summed E-state index contributed by atoms with van der Waals surface area (Å²) in [6, 6.07) is 0. The molecule has 5 N–H and O–H groups in total. The summed E-state index contributed by atoms with van der Waals surface area (Å²) in [7, 11) is 1.76. The Labute approximate surface area is 25.1 Å². The summed E-state index contributed by atoms with van der Waals surface area (Å²) in [5.41, 5.74) is 5.00. The van der Waals surface area contributed by atoms with E-state index >= 15 is 0 Å². The molecule has 26 valence electrons. The van der Waals surface area contributed by atoms with Gasteiger partial charge in [0.2, 0.25) is 0 Å². The minimum atomic E-state index is 1.76. The summed E-state index contributed by atoms with van der Waals surface area (Å²) >= 11 is 0. The fourth-order valence-electron chi connectivity index (χ4n) is 0. The highest BCUT2D eigenvalue weighted by Gasteiger charge is 1.47. The molecular formula is CH8N3+. The van der Waals surface area contributed by atoms with Crippen LogP contribution in [0.5, 0.6) is 0 Å². The Kier molecular flexibility index (Phi) is 2.79. The Morgan fingerprint density at radius 2 is 2.00 bits per heavy atom. The lowest BCUT2D eigenvalue weighted by molar-refractivity contribution is -0.455. The van der Waals surface area contributed by atoms with Gasteiger partial charge in [0.15, 0.2) is 0 Å². The van der Waals surface area contributed by atoms with Gasteiger partial charge in [0.25, 0.3) is 0 Å². The first-order valence-electron chi connectivity index (χ1n) is 1.10. The number of hydrogen-bond acceptors (Lipinski definition) is 2. The molecule has 0 atom stereocenters. The molecule has 0 aromatic heterocycles. The topological polar surface area (TPSA) is 51.7 Å². The number of rotatable bonds is 1. The van der Waals surface area contributed by atoms with E-state index in [1.165, 1.54) is 0 Å². The standard InChI is InChI=1S/CH7N3/c1-3-4-2/h3-4H,2H2,1H3/p+1. The number of hydrogen-bond donors (Lipinski definition) is 3. The fraction of sp³-hybridized carbons (Fsp3) is 1.00. The summed E-state index contributed by atoms with van der Waals surface area (Å²) in [6.07, 6.45) is 0. The van der Waals surface area contributed by atoms with E-state index in [1.807, 2.05) is 0 Å². The molecule has 0 fully saturated rings. The van der Waals surface area contributed by atoms with E-state index in [0.29, 0.717) is 0 Å². The lowest BCUT2D eigenvalue weighted by atomic mass is 11.5. The Balaban J connectivity index is 1.97. The van der Waals surface area contributed by atoms with Crippen LogP contribution in [0, 0.1) is 0 Å². The molecule has 0 aromatic carbocycles. The van der Waals surface area contributed by atoms with Crippen molar-refractivity contribution >= 4 is 0 Å². The quantitative estimate of drug-likeness (QED) is 0.304. The molecule has 0 unspecified atom stereocenters. The van der Waals surface area contributed by atoms with Gasteiger partial charge in [-0.3, -0.25) is 5.84 Å². The highest BCUT2D eigenvalue weighted by Crippen LogP contribution is 0.938. The molecule has 0 spiro atoms. The zero-order chi connectivity index (χ0) is 3.41. The van der Waals surface area contributed by atoms with E-state index in [4.69, 9.17) is 0 Å². The summed E-state index contributed by atoms with van der Waals surface area (Å²) < 4.78 is 0. The highest BCUT2D eigenvalue weighted by molar-refractivity contribution is 3.83. The van der Waals surface area contributed by atoms with Crippen molar-refractivity contribution in [2.24, 2.45) is 0 Å². The van der Waals surface area contributed by atoms with Crippen LogP contribution in [-0.2, 0) is 0 Å². The summed E-state index contributed by atoms with van der Waals surface area (Å²) in [5, 5.41) is 0. The van der Waals surface area contributed by atoms with Crippen LogP contribution in [-0.4, -0.2) is 7.05 Å². The van der Waals surface area contributed by atoms with Gasteiger partial charge in [-0.25, -0.2) is 5.43 Å². The Bertz CT molecular complexity index is 5.25. The van der Waals surface area contributed by atoms with Crippen molar-refractivity contribution in [2.75, 3.05) is 7.05 Å². The maximum Gasteiger partial charge on any atom is 0.00334 e. The van der Waals surface area contributed by atoms with Crippen LogP contribution < -0.4 is 16.8 Å². The first-order chi connectivity index (χ1) is 1.91. The van der Waals surface area contributed by atoms with Gasteiger partial charge in [-0.15, -0.1) is 5.53 Å². The van der Waals surface area contributed by atoms with Crippen molar-refractivity contribution in [1.82, 2.24) is 11.0 Å². The van der Waals surface area contributed by atoms with Crippen LogP contribution in [0.3, 0.4) is 0 Å². The fourth-order valence-corrected chi connectivity index (χ4v) is 0.